The minimum absolute atomic E-state index is 0.0102. The number of aryl methyl sites for hydroxylation is 1. The number of aromatic nitrogens is 2. The Bertz CT molecular complexity index is 1010. The highest BCUT2D eigenvalue weighted by atomic mass is 16.7. The van der Waals surface area contributed by atoms with Gasteiger partial charge in [-0.15, -0.1) is 0 Å². The first-order valence-electron chi connectivity index (χ1n) is 8.01. The molecule has 1 aromatic heterocycles. The number of anilines is 2. The smallest absolute Gasteiger partial charge is 0.373 e. The summed E-state index contributed by atoms with van der Waals surface area (Å²) in [5.41, 5.74) is 1.24. The van der Waals surface area contributed by atoms with E-state index < -0.39 is 4.92 Å². The molecule has 3 aromatic rings. The van der Waals surface area contributed by atoms with Crippen molar-refractivity contribution in [3.05, 3.63) is 64.5 Å². The Morgan fingerprint density at radius 3 is 2.67 bits per heavy atom. The van der Waals surface area contributed by atoms with Gasteiger partial charge in [-0.2, -0.15) is 4.98 Å². The van der Waals surface area contributed by atoms with E-state index in [-0.39, 0.29) is 24.2 Å². The summed E-state index contributed by atoms with van der Waals surface area (Å²) in [5.74, 6) is 1.46. The van der Waals surface area contributed by atoms with Crippen LogP contribution in [-0.2, 0) is 0 Å². The van der Waals surface area contributed by atoms with E-state index in [4.69, 9.17) is 14.2 Å². The number of hydrogen-bond acceptors (Lipinski definition) is 8. The molecule has 0 bridgehead atoms. The second-order valence-corrected chi connectivity index (χ2v) is 5.74. The number of nitro groups is 1. The zero-order valence-corrected chi connectivity index (χ0v) is 14.2. The number of nitrogens with one attached hydrogen (secondary N) is 1. The summed E-state index contributed by atoms with van der Waals surface area (Å²) in [4.78, 5) is 18.9. The van der Waals surface area contributed by atoms with Crippen molar-refractivity contribution in [2.75, 3.05) is 12.1 Å². The molecule has 0 atom stereocenters. The van der Waals surface area contributed by atoms with Gasteiger partial charge in [-0.3, -0.25) is 10.1 Å². The van der Waals surface area contributed by atoms with E-state index in [1.165, 1.54) is 6.33 Å². The molecule has 0 radical (unpaired) electrons. The van der Waals surface area contributed by atoms with E-state index in [2.05, 4.69) is 15.3 Å². The molecule has 27 heavy (non-hydrogen) atoms. The molecule has 4 rings (SSSR count). The van der Waals surface area contributed by atoms with Crippen LogP contribution in [0.15, 0.2) is 48.8 Å². The maximum atomic E-state index is 11.6. The van der Waals surface area contributed by atoms with Crippen LogP contribution in [0.4, 0.5) is 17.2 Å². The standard InChI is InChI=1S/C18H14N4O5/c1-11-2-5-13(6-3-11)27-18-16(22(23)24)17(19-9-20-18)21-12-4-7-14-15(8-12)26-10-25-14/h2-9H,10H2,1H3,(H,19,20,21). The zero-order chi connectivity index (χ0) is 18.8. The fourth-order valence-corrected chi connectivity index (χ4v) is 2.52. The number of hydrogen-bond donors (Lipinski definition) is 1. The summed E-state index contributed by atoms with van der Waals surface area (Å²) < 4.78 is 16.2. The van der Waals surface area contributed by atoms with Gasteiger partial charge in [0.25, 0.3) is 0 Å². The van der Waals surface area contributed by atoms with Crippen molar-refractivity contribution < 1.29 is 19.1 Å². The molecule has 2 heterocycles. The van der Waals surface area contributed by atoms with Crippen LogP contribution in [0.1, 0.15) is 5.56 Å². The summed E-state index contributed by atoms with van der Waals surface area (Å²) in [6.07, 6.45) is 1.20. The minimum Gasteiger partial charge on any atom is -0.454 e. The van der Waals surface area contributed by atoms with Crippen LogP contribution < -0.4 is 19.5 Å². The molecule has 1 N–H and O–H groups in total. The first-order valence-corrected chi connectivity index (χ1v) is 8.01. The van der Waals surface area contributed by atoms with Crippen molar-refractivity contribution in [1.82, 2.24) is 9.97 Å². The van der Waals surface area contributed by atoms with Gasteiger partial charge in [0.1, 0.15) is 12.1 Å². The van der Waals surface area contributed by atoms with Gasteiger partial charge in [0.15, 0.2) is 11.5 Å². The first kappa shape index (κ1) is 16.6. The number of nitrogens with zero attached hydrogens (tertiary/aromatic N) is 3. The van der Waals surface area contributed by atoms with Crippen LogP contribution in [-0.4, -0.2) is 21.7 Å². The molecule has 1 aliphatic heterocycles. The summed E-state index contributed by atoms with van der Waals surface area (Å²) in [6, 6.07) is 12.2. The molecule has 0 saturated carbocycles. The molecule has 1 aliphatic rings. The summed E-state index contributed by atoms with van der Waals surface area (Å²) in [5, 5.41) is 14.5. The Morgan fingerprint density at radius 2 is 1.89 bits per heavy atom. The molecule has 0 aliphatic carbocycles. The van der Waals surface area contributed by atoms with Gasteiger partial charge >= 0.3 is 11.6 Å². The van der Waals surface area contributed by atoms with Crippen molar-refractivity contribution >= 4 is 17.2 Å². The second kappa shape index (κ2) is 6.79. The van der Waals surface area contributed by atoms with Crippen molar-refractivity contribution in [1.29, 1.82) is 0 Å². The van der Waals surface area contributed by atoms with Gasteiger partial charge in [-0.25, -0.2) is 4.98 Å². The maximum Gasteiger partial charge on any atom is 0.373 e. The number of rotatable bonds is 5. The lowest BCUT2D eigenvalue weighted by atomic mass is 10.2. The van der Waals surface area contributed by atoms with Gasteiger partial charge < -0.3 is 19.5 Å². The lowest BCUT2D eigenvalue weighted by Crippen LogP contribution is -2.03. The molecule has 0 unspecified atom stereocenters. The summed E-state index contributed by atoms with van der Waals surface area (Å²) >= 11 is 0. The molecule has 9 nitrogen and oxygen atoms in total. The fraction of sp³-hybridized carbons (Fsp3) is 0.111. The maximum absolute atomic E-state index is 11.6. The van der Waals surface area contributed by atoms with Crippen molar-refractivity contribution in [3.63, 3.8) is 0 Å². The van der Waals surface area contributed by atoms with Gasteiger partial charge in [-0.1, -0.05) is 17.7 Å². The average Bonchev–Trinajstić information content (AvgIpc) is 3.11. The molecule has 2 aromatic carbocycles. The van der Waals surface area contributed by atoms with Crippen LogP contribution in [0.2, 0.25) is 0 Å². The average molecular weight is 366 g/mol. The molecule has 9 heteroatoms. The quantitative estimate of drug-likeness (QED) is 0.534. The monoisotopic (exact) mass is 366 g/mol. The van der Waals surface area contributed by atoms with E-state index in [9.17, 15) is 10.1 Å². The molecule has 136 valence electrons. The topological polar surface area (TPSA) is 109 Å². The molecular formula is C18H14N4O5. The Hall–Kier alpha value is -3.88. The SMILES string of the molecule is Cc1ccc(Oc2ncnc(Nc3ccc4c(c3)OCO4)c2[N+](=O)[O-])cc1. The van der Waals surface area contributed by atoms with Crippen molar-refractivity contribution in [2.24, 2.45) is 0 Å². The lowest BCUT2D eigenvalue weighted by molar-refractivity contribution is -0.385. The second-order valence-electron chi connectivity index (χ2n) is 5.74. The minimum atomic E-state index is -0.584. The third kappa shape index (κ3) is 3.43. The normalized spacial score (nSPS) is 11.9. The highest BCUT2D eigenvalue weighted by Crippen LogP contribution is 2.38. The predicted octanol–water partition coefficient (Wildman–Crippen LogP) is 3.96. The third-order valence-corrected chi connectivity index (χ3v) is 3.84. The Morgan fingerprint density at radius 1 is 1.11 bits per heavy atom. The van der Waals surface area contributed by atoms with Crippen molar-refractivity contribution in [2.45, 2.75) is 6.92 Å². The summed E-state index contributed by atoms with van der Waals surface area (Å²) in [6.45, 7) is 2.07. The van der Waals surface area contributed by atoms with Crippen LogP contribution in [0.25, 0.3) is 0 Å². The molecule has 0 spiro atoms. The van der Waals surface area contributed by atoms with Gasteiger partial charge in [0.05, 0.1) is 4.92 Å². The van der Waals surface area contributed by atoms with Crippen LogP contribution in [0.3, 0.4) is 0 Å². The Kier molecular flexibility index (Phi) is 4.17. The van der Waals surface area contributed by atoms with E-state index in [1.54, 1.807) is 30.3 Å². The summed E-state index contributed by atoms with van der Waals surface area (Å²) in [7, 11) is 0. The fourth-order valence-electron chi connectivity index (χ4n) is 2.52. The highest BCUT2D eigenvalue weighted by molar-refractivity contribution is 5.70. The molecule has 0 amide bonds. The highest BCUT2D eigenvalue weighted by Gasteiger charge is 2.25. The largest absolute Gasteiger partial charge is 0.454 e. The van der Waals surface area contributed by atoms with Gasteiger partial charge in [0.2, 0.25) is 12.6 Å². The van der Waals surface area contributed by atoms with E-state index >= 15 is 0 Å². The van der Waals surface area contributed by atoms with Crippen LogP contribution >= 0.6 is 0 Å². The van der Waals surface area contributed by atoms with Crippen LogP contribution in [0.5, 0.6) is 23.1 Å². The van der Waals surface area contributed by atoms with Gasteiger partial charge in [-0.05, 0) is 31.2 Å². The van der Waals surface area contributed by atoms with Crippen molar-refractivity contribution in [3.8, 4) is 23.1 Å². The van der Waals surface area contributed by atoms with E-state index in [1.807, 2.05) is 19.1 Å². The predicted molar refractivity (Wildman–Crippen MR) is 95.8 cm³/mol. The van der Waals surface area contributed by atoms with E-state index in [0.29, 0.717) is 22.9 Å². The lowest BCUT2D eigenvalue weighted by Gasteiger charge is -2.10. The Labute approximate surface area is 153 Å². The van der Waals surface area contributed by atoms with E-state index in [0.717, 1.165) is 5.56 Å². The Balaban J connectivity index is 1.66. The zero-order valence-electron chi connectivity index (χ0n) is 14.2. The van der Waals surface area contributed by atoms with Gasteiger partial charge in [0, 0.05) is 11.8 Å². The third-order valence-electron chi connectivity index (χ3n) is 3.84. The molecule has 0 fully saturated rings. The first-order chi connectivity index (χ1) is 13.1. The van der Waals surface area contributed by atoms with Crippen LogP contribution in [0, 0.1) is 17.0 Å². The molecular weight excluding hydrogens is 352 g/mol. The number of ether oxygens (including phenoxy) is 3. The number of benzene rings is 2. The molecule has 0 saturated heterocycles. The number of fused-ring (bicyclic) bond motifs is 1.